The molecule has 0 unspecified atom stereocenters. The molecule has 0 radical (unpaired) electrons. The van der Waals surface area contributed by atoms with Crippen molar-refractivity contribution in [3.05, 3.63) is 63.9 Å². The molecule has 1 aromatic carbocycles. The normalized spacial score (nSPS) is 10.8. The largest absolute Gasteiger partial charge is 0.479 e. The summed E-state index contributed by atoms with van der Waals surface area (Å²) in [5.41, 5.74) is 1.78. The van der Waals surface area contributed by atoms with E-state index in [1.165, 1.54) is 35.0 Å². The van der Waals surface area contributed by atoms with E-state index in [0.29, 0.717) is 17.1 Å². The minimum absolute atomic E-state index is 0.00820. The van der Waals surface area contributed by atoms with E-state index in [-0.39, 0.29) is 28.9 Å². The summed E-state index contributed by atoms with van der Waals surface area (Å²) in [6.45, 7) is 8.88. The summed E-state index contributed by atoms with van der Waals surface area (Å²) in [7, 11) is 0. The van der Waals surface area contributed by atoms with Crippen LogP contribution in [0.25, 0.3) is 10.5 Å². The lowest BCUT2D eigenvalue weighted by Crippen LogP contribution is -2.08. The molecule has 0 atom stereocenters. The van der Waals surface area contributed by atoms with Gasteiger partial charge in [0.15, 0.2) is 0 Å². The van der Waals surface area contributed by atoms with Crippen LogP contribution < -0.4 is 4.74 Å². The fourth-order valence-corrected chi connectivity index (χ4v) is 2.32. The average molecular weight is 377 g/mol. The summed E-state index contributed by atoms with van der Waals surface area (Å²) in [6.07, 6.45) is -2.54. The van der Waals surface area contributed by atoms with Gasteiger partial charge in [-0.1, -0.05) is 28.9 Å². The molecule has 26 heavy (non-hydrogen) atoms. The summed E-state index contributed by atoms with van der Waals surface area (Å²) >= 11 is 5.71. The topological polar surface area (TPSA) is 70.1 Å². The van der Waals surface area contributed by atoms with Gasteiger partial charge in [0.05, 0.1) is 18.0 Å². The van der Waals surface area contributed by atoms with Crippen LogP contribution in [0, 0.1) is 13.5 Å². The summed E-state index contributed by atoms with van der Waals surface area (Å²) in [5.74, 6) is 0.0320. The Bertz CT molecular complexity index is 968. The maximum absolute atomic E-state index is 12.7. The second-order valence-corrected chi connectivity index (χ2v) is 5.57. The number of aryl methyl sites for hydroxylation is 1. The van der Waals surface area contributed by atoms with Gasteiger partial charge in [-0.15, -0.1) is 15.3 Å². The molecule has 3 aromatic rings. The van der Waals surface area contributed by atoms with Gasteiger partial charge in [-0.3, -0.25) is 0 Å². The molecule has 0 amide bonds. The molecule has 10 heteroatoms. The summed E-state index contributed by atoms with van der Waals surface area (Å²) in [5, 5.41) is 15.5. The first-order valence-corrected chi connectivity index (χ1v) is 7.70. The van der Waals surface area contributed by atoms with Crippen LogP contribution in [0.5, 0.6) is 5.88 Å². The Morgan fingerprint density at radius 1 is 1.23 bits per heavy atom. The van der Waals surface area contributed by atoms with Crippen molar-refractivity contribution in [1.29, 1.82) is 0 Å². The lowest BCUT2D eigenvalue weighted by Gasteiger charge is -2.10. The van der Waals surface area contributed by atoms with E-state index < -0.39 is 6.43 Å². The Hall–Kier alpha value is -3.12. The van der Waals surface area contributed by atoms with Crippen LogP contribution in [-0.2, 0) is 6.61 Å². The summed E-state index contributed by atoms with van der Waals surface area (Å²) in [4.78, 5) is 3.29. The van der Waals surface area contributed by atoms with Gasteiger partial charge in [0.2, 0.25) is 5.88 Å². The SMILES string of the molecule is [C-]#[N+]c1cc(Cl)nnc1OCc1c(C)nnn1-c1ccc(C(F)F)cc1. The van der Waals surface area contributed by atoms with Gasteiger partial charge in [0.25, 0.3) is 12.1 Å². The third-order valence-corrected chi connectivity index (χ3v) is 3.71. The van der Waals surface area contributed by atoms with Crippen LogP contribution in [0.15, 0.2) is 30.3 Å². The zero-order chi connectivity index (χ0) is 18.7. The third-order valence-electron chi connectivity index (χ3n) is 3.52. The average Bonchev–Trinajstić information content (AvgIpc) is 3.01. The first-order valence-electron chi connectivity index (χ1n) is 7.32. The highest BCUT2D eigenvalue weighted by atomic mass is 35.5. The van der Waals surface area contributed by atoms with Crippen molar-refractivity contribution in [2.75, 3.05) is 0 Å². The van der Waals surface area contributed by atoms with E-state index in [4.69, 9.17) is 22.9 Å². The minimum Gasteiger partial charge on any atom is -0.479 e. The number of nitrogens with zero attached hydrogens (tertiary/aromatic N) is 6. The molecule has 0 aliphatic rings. The monoisotopic (exact) mass is 376 g/mol. The van der Waals surface area contributed by atoms with Crippen molar-refractivity contribution in [2.24, 2.45) is 0 Å². The van der Waals surface area contributed by atoms with Crippen molar-refractivity contribution in [3.63, 3.8) is 0 Å². The molecule has 0 aliphatic carbocycles. The van der Waals surface area contributed by atoms with E-state index in [0.717, 1.165) is 0 Å². The Balaban J connectivity index is 1.86. The fraction of sp³-hybridized carbons (Fsp3) is 0.188. The lowest BCUT2D eigenvalue weighted by atomic mass is 10.2. The predicted octanol–water partition coefficient (Wildman–Crippen LogP) is 4.09. The molecular formula is C16H11ClF2N6O. The van der Waals surface area contributed by atoms with E-state index in [2.05, 4.69) is 25.4 Å². The molecule has 2 aromatic heterocycles. The highest BCUT2D eigenvalue weighted by Crippen LogP contribution is 2.27. The van der Waals surface area contributed by atoms with Gasteiger partial charge in [0, 0.05) is 5.56 Å². The standard InChI is InChI=1S/C16H11ClF2N6O/c1-9-13(8-26-16-12(20-2)7-14(17)22-23-16)25(24-21-9)11-5-3-10(4-6-11)15(18)19/h3-7,15H,8H2,1H3. The van der Waals surface area contributed by atoms with Crippen LogP contribution in [0.1, 0.15) is 23.4 Å². The highest BCUT2D eigenvalue weighted by Gasteiger charge is 2.15. The highest BCUT2D eigenvalue weighted by molar-refractivity contribution is 6.29. The molecule has 132 valence electrons. The molecule has 0 saturated heterocycles. The Kier molecular flexibility index (Phi) is 5.04. The van der Waals surface area contributed by atoms with Crippen LogP contribution in [0.3, 0.4) is 0 Å². The molecule has 0 aliphatic heterocycles. The molecule has 2 heterocycles. The van der Waals surface area contributed by atoms with Crippen molar-refractivity contribution >= 4 is 17.3 Å². The number of aromatic nitrogens is 5. The Morgan fingerprint density at radius 3 is 2.62 bits per heavy atom. The van der Waals surface area contributed by atoms with E-state index in [1.54, 1.807) is 6.92 Å². The van der Waals surface area contributed by atoms with Crippen LogP contribution in [0.4, 0.5) is 14.5 Å². The number of ether oxygens (including phenoxy) is 1. The molecule has 3 rings (SSSR count). The number of hydrogen-bond acceptors (Lipinski definition) is 5. The van der Waals surface area contributed by atoms with Crippen molar-refractivity contribution in [3.8, 4) is 11.6 Å². The molecule has 0 saturated carbocycles. The van der Waals surface area contributed by atoms with Crippen molar-refractivity contribution in [1.82, 2.24) is 25.2 Å². The van der Waals surface area contributed by atoms with E-state index >= 15 is 0 Å². The van der Waals surface area contributed by atoms with Crippen LogP contribution >= 0.6 is 11.6 Å². The van der Waals surface area contributed by atoms with E-state index in [9.17, 15) is 8.78 Å². The Morgan fingerprint density at radius 2 is 1.96 bits per heavy atom. The van der Waals surface area contributed by atoms with Gasteiger partial charge >= 0.3 is 0 Å². The van der Waals surface area contributed by atoms with Crippen LogP contribution in [-0.4, -0.2) is 25.2 Å². The zero-order valence-corrected chi connectivity index (χ0v) is 14.2. The smallest absolute Gasteiger partial charge is 0.263 e. The molecule has 7 nitrogen and oxygen atoms in total. The molecule has 0 bridgehead atoms. The second kappa shape index (κ2) is 7.41. The van der Waals surface area contributed by atoms with Crippen molar-refractivity contribution < 1.29 is 13.5 Å². The molecule has 0 fully saturated rings. The van der Waals surface area contributed by atoms with Gasteiger partial charge in [-0.05, 0) is 25.1 Å². The maximum Gasteiger partial charge on any atom is 0.263 e. The number of halogens is 3. The lowest BCUT2D eigenvalue weighted by molar-refractivity contribution is 0.151. The first-order chi connectivity index (χ1) is 12.5. The van der Waals surface area contributed by atoms with E-state index in [1.807, 2.05) is 0 Å². The number of alkyl halides is 2. The quantitative estimate of drug-likeness (QED) is 0.627. The second-order valence-electron chi connectivity index (χ2n) is 5.18. The molecule has 0 spiro atoms. The third kappa shape index (κ3) is 3.60. The summed E-state index contributed by atoms with van der Waals surface area (Å²) in [6, 6.07) is 7.03. The molecule has 0 N–H and O–H groups in total. The predicted molar refractivity (Wildman–Crippen MR) is 88.7 cm³/mol. The number of rotatable bonds is 5. The maximum atomic E-state index is 12.7. The molecular weight excluding hydrogens is 366 g/mol. The van der Waals surface area contributed by atoms with Gasteiger partial charge in [0.1, 0.15) is 17.5 Å². The Labute approximate surface area is 152 Å². The fourth-order valence-electron chi connectivity index (χ4n) is 2.18. The van der Waals surface area contributed by atoms with Crippen molar-refractivity contribution in [2.45, 2.75) is 20.0 Å². The zero-order valence-electron chi connectivity index (χ0n) is 13.4. The number of hydrogen-bond donors (Lipinski definition) is 0. The first kappa shape index (κ1) is 17.7. The van der Waals surface area contributed by atoms with Gasteiger partial charge < -0.3 is 4.74 Å². The van der Waals surface area contributed by atoms with Gasteiger partial charge in [-0.2, -0.15) is 0 Å². The minimum atomic E-state index is -2.54. The van der Waals surface area contributed by atoms with Gasteiger partial charge in [-0.25, -0.2) is 18.3 Å². The summed E-state index contributed by atoms with van der Waals surface area (Å²) < 4.78 is 32.4. The number of benzene rings is 1. The van der Waals surface area contributed by atoms with Crippen LogP contribution in [0.2, 0.25) is 5.15 Å².